The van der Waals surface area contributed by atoms with E-state index in [4.69, 9.17) is 0 Å². The molecule has 1 aliphatic rings. The Morgan fingerprint density at radius 3 is 2.65 bits per heavy atom. The summed E-state index contributed by atoms with van der Waals surface area (Å²) >= 11 is 0. The van der Waals surface area contributed by atoms with Crippen molar-refractivity contribution in [2.75, 3.05) is 17.3 Å². The molecule has 92 valence electrons. The molecule has 17 heavy (non-hydrogen) atoms. The molecule has 1 aromatic heterocycles. The second-order valence-corrected chi connectivity index (χ2v) is 4.63. The number of amides is 1. The fraction of sp³-hybridized carbons (Fsp3) is 0.538. The van der Waals surface area contributed by atoms with Gasteiger partial charge in [0.15, 0.2) is 0 Å². The molecular formula is C13H19N3O. The van der Waals surface area contributed by atoms with Gasteiger partial charge in [-0.2, -0.15) is 0 Å². The van der Waals surface area contributed by atoms with Gasteiger partial charge in [0, 0.05) is 20.0 Å². The number of carbonyl (C=O) groups excluding carboxylic acids is 1. The third-order valence-corrected chi connectivity index (χ3v) is 3.33. The van der Waals surface area contributed by atoms with Crippen LogP contribution in [0.25, 0.3) is 0 Å². The molecule has 1 aliphatic carbocycles. The van der Waals surface area contributed by atoms with Crippen molar-refractivity contribution in [1.82, 2.24) is 4.98 Å². The van der Waals surface area contributed by atoms with Gasteiger partial charge in [-0.1, -0.05) is 12.8 Å². The van der Waals surface area contributed by atoms with E-state index < -0.39 is 0 Å². The van der Waals surface area contributed by atoms with Gasteiger partial charge >= 0.3 is 0 Å². The third-order valence-electron chi connectivity index (χ3n) is 3.33. The van der Waals surface area contributed by atoms with Crippen LogP contribution in [0, 0.1) is 0 Å². The monoisotopic (exact) mass is 233 g/mol. The van der Waals surface area contributed by atoms with E-state index in [-0.39, 0.29) is 5.91 Å². The quantitative estimate of drug-likeness (QED) is 0.872. The average Bonchev–Trinajstić information content (AvgIpc) is 2.82. The van der Waals surface area contributed by atoms with Crippen LogP contribution in [0.5, 0.6) is 0 Å². The number of nitrogens with zero attached hydrogens (tertiary/aromatic N) is 2. The van der Waals surface area contributed by atoms with Crippen molar-refractivity contribution < 1.29 is 4.79 Å². The smallest absolute Gasteiger partial charge is 0.222 e. The highest BCUT2D eigenvalue weighted by Gasteiger charge is 2.19. The largest absolute Gasteiger partial charge is 0.370 e. The van der Waals surface area contributed by atoms with Gasteiger partial charge in [-0.25, -0.2) is 4.98 Å². The van der Waals surface area contributed by atoms with E-state index in [0.29, 0.717) is 11.9 Å². The lowest BCUT2D eigenvalue weighted by Gasteiger charge is -2.26. The SMILES string of the molecule is CC(=O)Nc1ccc(N(C)C2CCCC2)cn1. The highest BCUT2D eigenvalue weighted by molar-refractivity contribution is 5.87. The van der Waals surface area contributed by atoms with Crippen molar-refractivity contribution in [3.05, 3.63) is 18.3 Å². The summed E-state index contributed by atoms with van der Waals surface area (Å²) < 4.78 is 0. The Bertz CT molecular complexity index is 382. The molecule has 0 unspecified atom stereocenters. The Morgan fingerprint density at radius 1 is 1.41 bits per heavy atom. The number of pyridine rings is 1. The second kappa shape index (κ2) is 5.17. The zero-order valence-corrected chi connectivity index (χ0v) is 10.4. The van der Waals surface area contributed by atoms with E-state index in [1.807, 2.05) is 18.3 Å². The van der Waals surface area contributed by atoms with Gasteiger partial charge in [0.2, 0.25) is 5.91 Å². The van der Waals surface area contributed by atoms with E-state index in [1.54, 1.807) is 0 Å². The molecule has 1 fully saturated rings. The highest BCUT2D eigenvalue weighted by atomic mass is 16.1. The van der Waals surface area contributed by atoms with Gasteiger partial charge in [-0.15, -0.1) is 0 Å². The molecular weight excluding hydrogens is 214 g/mol. The maximum atomic E-state index is 10.9. The first-order valence-corrected chi connectivity index (χ1v) is 6.13. The standard InChI is InChI=1S/C13H19N3O/c1-10(17)15-13-8-7-12(9-14-13)16(2)11-5-3-4-6-11/h7-9,11H,3-6H2,1-2H3,(H,14,15,17). The summed E-state index contributed by atoms with van der Waals surface area (Å²) in [5.74, 6) is 0.524. The van der Waals surface area contributed by atoms with Gasteiger partial charge < -0.3 is 10.2 Å². The predicted molar refractivity (Wildman–Crippen MR) is 69.2 cm³/mol. The van der Waals surface area contributed by atoms with E-state index >= 15 is 0 Å². The van der Waals surface area contributed by atoms with Crippen LogP contribution in [0.3, 0.4) is 0 Å². The number of nitrogens with one attached hydrogen (secondary N) is 1. The molecule has 0 spiro atoms. The molecule has 4 nitrogen and oxygen atoms in total. The number of carbonyl (C=O) groups is 1. The minimum atomic E-state index is -0.0885. The normalized spacial score (nSPS) is 15.9. The molecule has 0 aliphatic heterocycles. The summed E-state index contributed by atoms with van der Waals surface area (Å²) in [6, 6.07) is 4.50. The van der Waals surface area contributed by atoms with Crippen LogP contribution in [-0.2, 0) is 4.79 Å². The lowest BCUT2D eigenvalue weighted by Crippen LogP contribution is -2.28. The van der Waals surface area contributed by atoms with Gasteiger partial charge in [-0.3, -0.25) is 4.79 Å². The number of hydrogen-bond acceptors (Lipinski definition) is 3. The van der Waals surface area contributed by atoms with E-state index in [2.05, 4.69) is 22.2 Å². The van der Waals surface area contributed by atoms with E-state index in [1.165, 1.54) is 32.6 Å². The molecule has 0 saturated heterocycles. The molecule has 0 atom stereocenters. The topological polar surface area (TPSA) is 45.2 Å². The Labute approximate surface area is 102 Å². The first kappa shape index (κ1) is 11.9. The lowest BCUT2D eigenvalue weighted by molar-refractivity contribution is -0.114. The van der Waals surface area contributed by atoms with Crippen molar-refractivity contribution in [2.24, 2.45) is 0 Å². The molecule has 0 radical (unpaired) electrons. The zero-order valence-electron chi connectivity index (χ0n) is 10.4. The molecule has 1 aromatic rings. The van der Waals surface area contributed by atoms with Crippen molar-refractivity contribution in [3.8, 4) is 0 Å². The molecule has 2 rings (SSSR count). The first-order valence-electron chi connectivity index (χ1n) is 6.13. The van der Waals surface area contributed by atoms with Gasteiger partial charge in [0.05, 0.1) is 11.9 Å². The van der Waals surface area contributed by atoms with Gasteiger partial charge in [0.1, 0.15) is 5.82 Å². The van der Waals surface area contributed by atoms with Crippen LogP contribution < -0.4 is 10.2 Å². The summed E-state index contributed by atoms with van der Waals surface area (Å²) in [5, 5.41) is 2.67. The fourth-order valence-corrected chi connectivity index (χ4v) is 2.35. The van der Waals surface area contributed by atoms with Crippen LogP contribution in [0.2, 0.25) is 0 Å². The molecule has 1 heterocycles. The van der Waals surface area contributed by atoms with Crippen molar-refractivity contribution >= 4 is 17.4 Å². The molecule has 1 amide bonds. The van der Waals surface area contributed by atoms with Gasteiger partial charge in [-0.05, 0) is 25.0 Å². The van der Waals surface area contributed by atoms with Crippen LogP contribution in [0.15, 0.2) is 18.3 Å². The third kappa shape index (κ3) is 2.96. The predicted octanol–water partition coefficient (Wildman–Crippen LogP) is 2.42. The summed E-state index contributed by atoms with van der Waals surface area (Å²) in [6.07, 6.45) is 7.01. The maximum Gasteiger partial charge on any atom is 0.222 e. The number of aromatic nitrogens is 1. The molecule has 0 bridgehead atoms. The van der Waals surface area contributed by atoms with Gasteiger partial charge in [0.25, 0.3) is 0 Å². The average molecular weight is 233 g/mol. The molecule has 1 saturated carbocycles. The summed E-state index contributed by atoms with van der Waals surface area (Å²) in [6.45, 7) is 1.49. The Balaban J connectivity index is 2.03. The van der Waals surface area contributed by atoms with E-state index in [0.717, 1.165) is 5.69 Å². The van der Waals surface area contributed by atoms with Crippen molar-refractivity contribution in [1.29, 1.82) is 0 Å². The van der Waals surface area contributed by atoms with Crippen LogP contribution >= 0.6 is 0 Å². The Morgan fingerprint density at radius 2 is 2.12 bits per heavy atom. The fourth-order valence-electron chi connectivity index (χ4n) is 2.35. The Hall–Kier alpha value is -1.58. The molecule has 1 N–H and O–H groups in total. The minimum Gasteiger partial charge on any atom is -0.370 e. The van der Waals surface area contributed by atoms with E-state index in [9.17, 15) is 4.79 Å². The number of hydrogen-bond donors (Lipinski definition) is 1. The summed E-state index contributed by atoms with van der Waals surface area (Å²) in [5.41, 5.74) is 1.12. The van der Waals surface area contributed by atoms with Crippen LogP contribution in [0.4, 0.5) is 11.5 Å². The Kier molecular flexibility index (Phi) is 3.61. The highest BCUT2D eigenvalue weighted by Crippen LogP contribution is 2.26. The van der Waals surface area contributed by atoms with Crippen LogP contribution in [0.1, 0.15) is 32.6 Å². The first-order chi connectivity index (χ1) is 8.16. The van der Waals surface area contributed by atoms with Crippen molar-refractivity contribution in [3.63, 3.8) is 0 Å². The minimum absolute atomic E-state index is 0.0885. The summed E-state index contributed by atoms with van der Waals surface area (Å²) in [4.78, 5) is 17.4. The summed E-state index contributed by atoms with van der Waals surface area (Å²) in [7, 11) is 2.12. The van der Waals surface area contributed by atoms with Crippen LogP contribution in [-0.4, -0.2) is 24.0 Å². The molecule has 4 heteroatoms. The maximum absolute atomic E-state index is 10.9. The molecule has 0 aromatic carbocycles. The zero-order chi connectivity index (χ0) is 12.3. The number of rotatable bonds is 3. The lowest BCUT2D eigenvalue weighted by atomic mass is 10.2. The number of anilines is 2. The van der Waals surface area contributed by atoms with Crippen molar-refractivity contribution in [2.45, 2.75) is 38.6 Å². The second-order valence-electron chi connectivity index (χ2n) is 4.63.